The van der Waals surface area contributed by atoms with Gasteiger partial charge in [-0.2, -0.15) is 5.10 Å². The van der Waals surface area contributed by atoms with Crippen molar-refractivity contribution in [3.8, 4) is 11.6 Å². The number of anilines is 1. The Morgan fingerprint density at radius 1 is 1.54 bits per heavy atom. The van der Waals surface area contributed by atoms with Gasteiger partial charge in [0.15, 0.2) is 0 Å². The molecule has 1 aliphatic heterocycles. The van der Waals surface area contributed by atoms with Gasteiger partial charge < -0.3 is 15.4 Å². The van der Waals surface area contributed by atoms with Crippen LogP contribution in [0.2, 0.25) is 0 Å². The van der Waals surface area contributed by atoms with E-state index in [4.69, 9.17) is 4.74 Å². The average molecular weight is 329 g/mol. The summed E-state index contributed by atoms with van der Waals surface area (Å²) in [7, 11) is 1.79. The van der Waals surface area contributed by atoms with E-state index >= 15 is 0 Å². The van der Waals surface area contributed by atoms with Gasteiger partial charge in [-0.1, -0.05) is 0 Å². The van der Waals surface area contributed by atoms with Crippen LogP contribution in [-0.2, 0) is 11.8 Å². The first-order chi connectivity index (χ1) is 11.6. The van der Waals surface area contributed by atoms with Crippen LogP contribution >= 0.6 is 0 Å². The third-order valence-electron chi connectivity index (χ3n) is 4.22. The van der Waals surface area contributed by atoms with Crippen molar-refractivity contribution < 1.29 is 9.53 Å². The number of nitrogens with one attached hydrogen (secondary N) is 2. The number of ether oxygens (including phenoxy) is 1. The lowest BCUT2D eigenvalue weighted by Crippen LogP contribution is -2.15. The molecule has 0 aliphatic carbocycles. The van der Waals surface area contributed by atoms with Crippen LogP contribution in [0.4, 0.5) is 5.69 Å². The number of aryl methyl sites for hydroxylation is 2. The van der Waals surface area contributed by atoms with Gasteiger partial charge in [0.25, 0.3) is 0 Å². The standard InChI is InChI=1S/C17H23N5O2/c1-12-16(20-15(23)6-5-13-7-9-19-10-13)17(22(2)21-12)24-14-4-3-8-18-11-14/h3-4,8,11,13,19H,5-7,9-10H2,1-2H3,(H,20,23). The first-order valence-corrected chi connectivity index (χ1v) is 8.25. The zero-order valence-electron chi connectivity index (χ0n) is 14.1. The van der Waals surface area contributed by atoms with Crippen molar-refractivity contribution in [1.29, 1.82) is 0 Å². The van der Waals surface area contributed by atoms with Crippen LogP contribution in [0.1, 0.15) is 25.0 Å². The lowest BCUT2D eigenvalue weighted by Gasteiger charge is -2.11. The number of aromatic nitrogens is 3. The summed E-state index contributed by atoms with van der Waals surface area (Å²) in [4.78, 5) is 16.3. The van der Waals surface area contributed by atoms with Gasteiger partial charge in [0.2, 0.25) is 11.8 Å². The molecule has 1 saturated heterocycles. The molecule has 2 aromatic heterocycles. The van der Waals surface area contributed by atoms with Crippen molar-refractivity contribution in [1.82, 2.24) is 20.1 Å². The molecular weight excluding hydrogens is 306 g/mol. The smallest absolute Gasteiger partial charge is 0.241 e. The zero-order chi connectivity index (χ0) is 16.9. The van der Waals surface area contributed by atoms with Crippen molar-refractivity contribution in [2.45, 2.75) is 26.2 Å². The maximum atomic E-state index is 12.3. The molecule has 1 atom stereocenters. The minimum atomic E-state index is -0.00552. The number of nitrogens with zero attached hydrogens (tertiary/aromatic N) is 3. The van der Waals surface area contributed by atoms with Crippen molar-refractivity contribution in [3.05, 3.63) is 30.2 Å². The van der Waals surface area contributed by atoms with Crippen LogP contribution in [0.15, 0.2) is 24.5 Å². The van der Waals surface area contributed by atoms with E-state index < -0.39 is 0 Å². The number of amides is 1. The molecule has 7 heteroatoms. The van der Waals surface area contributed by atoms with Crippen molar-refractivity contribution >= 4 is 11.6 Å². The Balaban J connectivity index is 1.67. The molecule has 1 unspecified atom stereocenters. The van der Waals surface area contributed by atoms with Crippen LogP contribution in [0, 0.1) is 12.8 Å². The van der Waals surface area contributed by atoms with E-state index in [0.29, 0.717) is 29.7 Å². The highest BCUT2D eigenvalue weighted by atomic mass is 16.5. The van der Waals surface area contributed by atoms with E-state index in [9.17, 15) is 4.79 Å². The molecule has 1 fully saturated rings. The third kappa shape index (κ3) is 3.91. The molecule has 0 radical (unpaired) electrons. The monoisotopic (exact) mass is 329 g/mol. The van der Waals surface area contributed by atoms with E-state index in [-0.39, 0.29) is 5.91 Å². The lowest BCUT2D eigenvalue weighted by molar-refractivity contribution is -0.116. The summed E-state index contributed by atoms with van der Waals surface area (Å²) in [5.74, 6) is 1.70. The molecule has 7 nitrogen and oxygen atoms in total. The summed E-state index contributed by atoms with van der Waals surface area (Å²) in [5.41, 5.74) is 1.35. The predicted octanol–water partition coefficient (Wildman–Crippen LogP) is 2.24. The Bertz CT molecular complexity index is 693. The molecule has 24 heavy (non-hydrogen) atoms. The van der Waals surface area contributed by atoms with E-state index in [1.165, 1.54) is 0 Å². The maximum absolute atomic E-state index is 12.3. The highest BCUT2D eigenvalue weighted by molar-refractivity contribution is 5.92. The first-order valence-electron chi connectivity index (χ1n) is 8.25. The molecule has 0 aromatic carbocycles. The fourth-order valence-electron chi connectivity index (χ4n) is 2.92. The molecule has 3 rings (SSSR count). The van der Waals surface area contributed by atoms with Crippen LogP contribution in [0.25, 0.3) is 0 Å². The second-order valence-corrected chi connectivity index (χ2v) is 6.13. The van der Waals surface area contributed by atoms with E-state index in [0.717, 1.165) is 31.6 Å². The van der Waals surface area contributed by atoms with Gasteiger partial charge in [-0.25, -0.2) is 4.68 Å². The van der Waals surface area contributed by atoms with Gasteiger partial charge in [0, 0.05) is 19.7 Å². The summed E-state index contributed by atoms with van der Waals surface area (Å²) in [5, 5.41) is 10.6. The Labute approximate surface area is 141 Å². The second-order valence-electron chi connectivity index (χ2n) is 6.13. The zero-order valence-corrected chi connectivity index (χ0v) is 14.1. The third-order valence-corrected chi connectivity index (χ3v) is 4.22. The Hall–Kier alpha value is -2.41. The molecule has 1 amide bonds. The molecule has 0 saturated carbocycles. The molecule has 0 spiro atoms. The van der Waals surface area contributed by atoms with Crippen LogP contribution in [0.5, 0.6) is 11.6 Å². The highest BCUT2D eigenvalue weighted by Gasteiger charge is 2.20. The van der Waals surface area contributed by atoms with Gasteiger partial charge in [-0.15, -0.1) is 0 Å². The molecule has 3 heterocycles. The van der Waals surface area contributed by atoms with Gasteiger partial charge in [0.05, 0.1) is 11.9 Å². The van der Waals surface area contributed by atoms with Crippen LogP contribution < -0.4 is 15.4 Å². The lowest BCUT2D eigenvalue weighted by atomic mass is 10.0. The summed E-state index contributed by atoms with van der Waals surface area (Å²) < 4.78 is 7.48. The second kappa shape index (κ2) is 7.44. The number of carbonyl (C=O) groups is 1. The Morgan fingerprint density at radius 3 is 3.12 bits per heavy atom. The highest BCUT2D eigenvalue weighted by Crippen LogP contribution is 2.31. The molecule has 2 aromatic rings. The van der Waals surface area contributed by atoms with Gasteiger partial charge >= 0.3 is 0 Å². The average Bonchev–Trinajstić information content (AvgIpc) is 3.18. The SMILES string of the molecule is Cc1nn(C)c(Oc2cccnc2)c1NC(=O)CCC1CCNC1. The largest absolute Gasteiger partial charge is 0.436 e. The quantitative estimate of drug-likeness (QED) is 0.849. The normalized spacial score (nSPS) is 17.0. The van der Waals surface area contributed by atoms with Crippen molar-refractivity contribution in [2.24, 2.45) is 13.0 Å². The van der Waals surface area contributed by atoms with Gasteiger partial charge in [-0.3, -0.25) is 9.78 Å². The molecule has 0 bridgehead atoms. The summed E-state index contributed by atoms with van der Waals surface area (Å²) in [6, 6.07) is 3.61. The molecule has 1 aliphatic rings. The number of rotatable bonds is 6. The topological polar surface area (TPSA) is 81.1 Å². The van der Waals surface area contributed by atoms with E-state index in [1.807, 2.05) is 13.0 Å². The van der Waals surface area contributed by atoms with E-state index in [1.54, 1.807) is 30.2 Å². The number of hydrogen-bond donors (Lipinski definition) is 2. The summed E-state index contributed by atoms with van der Waals surface area (Å²) in [6.07, 6.45) is 5.86. The molecular formula is C17H23N5O2. The minimum Gasteiger partial charge on any atom is -0.436 e. The maximum Gasteiger partial charge on any atom is 0.241 e. The molecule has 2 N–H and O–H groups in total. The Morgan fingerprint density at radius 2 is 2.42 bits per heavy atom. The number of pyridine rings is 1. The van der Waals surface area contributed by atoms with Gasteiger partial charge in [-0.05, 0) is 50.9 Å². The summed E-state index contributed by atoms with van der Waals surface area (Å²) in [6.45, 7) is 3.91. The van der Waals surface area contributed by atoms with Gasteiger partial charge in [0.1, 0.15) is 11.4 Å². The Kier molecular flexibility index (Phi) is 5.10. The van der Waals surface area contributed by atoms with Crippen LogP contribution in [-0.4, -0.2) is 33.8 Å². The number of carbonyl (C=O) groups excluding carboxylic acids is 1. The van der Waals surface area contributed by atoms with E-state index in [2.05, 4.69) is 20.7 Å². The summed E-state index contributed by atoms with van der Waals surface area (Å²) >= 11 is 0. The van der Waals surface area contributed by atoms with Crippen molar-refractivity contribution in [2.75, 3.05) is 18.4 Å². The molecule has 128 valence electrons. The fraction of sp³-hybridized carbons (Fsp3) is 0.471. The predicted molar refractivity (Wildman–Crippen MR) is 91.1 cm³/mol. The van der Waals surface area contributed by atoms with Crippen LogP contribution in [0.3, 0.4) is 0 Å². The van der Waals surface area contributed by atoms with Crippen molar-refractivity contribution in [3.63, 3.8) is 0 Å². The fourth-order valence-corrected chi connectivity index (χ4v) is 2.92. The first kappa shape index (κ1) is 16.4. The number of hydrogen-bond acceptors (Lipinski definition) is 5. The minimum absolute atomic E-state index is 0.00552.